The van der Waals surface area contributed by atoms with Gasteiger partial charge in [-0.1, -0.05) is 15.9 Å². The van der Waals surface area contributed by atoms with Gasteiger partial charge < -0.3 is 0 Å². The van der Waals surface area contributed by atoms with E-state index in [0.717, 1.165) is 8.39 Å². The molecule has 2 rings (SSSR count). The number of hydrogen-bond donors (Lipinski definition) is 0. The highest BCUT2D eigenvalue weighted by atomic mass is 79.9. The fourth-order valence-corrected chi connectivity index (χ4v) is 2.42. The van der Waals surface area contributed by atoms with E-state index >= 15 is 0 Å². The Kier molecular flexibility index (Phi) is 2.99. The lowest BCUT2D eigenvalue weighted by molar-refractivity contribution is 0.630. The van der Waals surface area contributed by atoms with Crippen LogP contribution in [0.2, 0.25) is 0 Å². The Morgan fingerprint density at radius 1 is 1.29 bits per heavy atom. The van der Waals surface area contributed by atoms with E-state index in [9.17, 15) is 4.39 Å². The third-order valence-corrected chi connectivity index (χ3v) is 3.54. The van der Waals surface area contributed by atoms with Crippen molar-refractivity contribution in [2.45, 2.75) is 0 Å². The summed E-state index contributed by atoms with van der Waals surface area (Å²) in [6.07, 6.45) is 0. The first-order valence-corrected chi connectivity index (χ1v) is 6.20. The molecule has 14 heavy (non-hydrogen) atoms. The summed E-state index contributed by atoms with van der Waals surface area (Å²) >= 11 is 7.89. The number of thiazole rings is 1. The smallest absolute Gasteiger partial charge is 0.159 e. The van der Waals surface area contributed by atoms with Crippen LogP contribution in [0.15, 0.2) is 32.0 Å². The van der Waals surface area contributed by atoms with Gasteiger partial charge in [-0.25, -0.2) is 9.37 Å². The Morgan fingerprint density at radius 3 is 2.64 bits per heavy atom. The van der Waals surface area contributed by atoms with Crippen LogP contribution in [0.1, 0.15) is 0 Å². The fraction of sp³-hybridized carbons (Fsp3) is 0. The molecule has 0 radical (unpaired) electrons. The summed E-state index contributed by atoms with van der Waals surface area (Å²) in [6, 6.07) is 4.94. The van der Waals surface area contributed by atoms with Crippen molar-refractivity contribution in [2.75, 3.05) is 0 Å². The zero-order chi connectivity index (χ0) is 10.1. The van der Waals surface area contributed by atoms with E-state index in [1.165, 1.54) is 17.4 Å². The lowest BCUT2D eigenvalue weighted by Crippen LogP contribution is -1.83. The number of hydrogen-bond acceptors (Lipinski definition) is 2. The Balaban J connectivity index is 2.52. The maximum Gasteiger partial charge on any atom is 0.159 e. The second kappa shape index (κ2) is 4.08. The fourth-order valence-electron chi connectivity index (χ4n) is 1.07. The molecule has 0 amide bonds. The highest BCUT2D eigenvalue weighted by Gasteiger charge is 2.08. The Labute approximate surface area is 101 Å². The minimum atomic E-state index is -0.267. The minimum Gasteiger partial charge on any atom is -0.229 e. The first-order chi connectivity index (χ1) is 6.66. The van der Waals surface area contributed by atoms with Crippen molar-refractivity contribution in [3.63, 3.8) is 0 Å². The quantitative estimate of drug-likeness (QED) is 0.748. The first kappa shape index (κ1) is 10.3. The highest BCUT2D eigenvalue weighted by molar-refractivity contribution is 9.11. The number of halogens is 3. The second-order valence-corrected chi connectivity index (χ2v) is 5.66. The summed E-state index contributed by atoms with van der Waals surface area (Å²) in [4.78, 5) is 4.15. The molecule has 0 atom stereocenters. The van der Waals surface area contributed by atoms with E-state index in [-0.39, 0.29) is 5.82 Å². The van der Waals surface area contributed by atoms with Crippen molar-refractivity contribution < 1.29 is 4.39 Å². The van der Waals surface area contributed by atoms with Crippen molar-refractivity contribution in [3.8, 4) is 11.3 Å². The Bertz CT molecular complexity index is 470. The molecule has 0 N–H and O–H groups in total. The Hall–Kier alpha value is -0.260. The molecule has 5 heteroatoms. The van der Waals surface area contributed by atoms with Crippen LogP contribution in [0.3, 0.4) is 0 Å². The summed E-state index contributed by atoms with van der Waals surface area (Å²) < 4.78 is 15.0. The van der Waals surface area contributed by atoms with Crippen molar-refractivity contribution in [3.05, 3.63) is 37.8 Å². The molecule has 1 aromatic heterocycles. The topological polar surface area (TPSA) is 12.9 Å². The van der Waals surface area contributed by atoms with Crippen LogP contribution in [0.5, 0.6) is 0 Å². The molecule has 1 aromatic carbocycles. The van der Waals surface area contributed by atoms with Crippen LogP contribution in [0.25, 0.3) is 11.3 Å². The van der Waals surface area contributed by atoms with E-state index in [1.807, 2.05) is 5.38 Å². The van der Waals surface area contributed by atoms with Gasteiger partial charge >= 0.3 is 0 Å². The highest BCUT2D eigenvalue weighted by Crippen LogP contribution is 2.28. The van der Waals surface area contributed by atoms with Gasteiger partial charge in [-0.05, 0) is 34.1 Å². The van der Waals surface area contributed by atoms with E-state index in [0.29, 0.717) is 11.3 Å². The van der Waals surface area contributed by atoms with Gasteiger partial charge in [0.05, 0.1) is 5.69 Å². The molecular weight excluding hydrogens is 333 g/mol. The van der Waals surface area contributed by atoms with Gasteiger partial charge in [0.1, 0.15) is 5.82 Å². The zero-order valence-electron chi connectivity index (χ0n) is 6.80. The largest absolute Gasteiger partial charge is 0.229 e. The number of benzene rings is 1. The zero-order valence-corrected chi connectivity index (χ0v) is 10.8. The van der Waals surface area contributed by atoms with Gasteiger partial charge in [0.2, 0.25) is 0 Å². The SMILES string of the molecule is Fc1cc(Br)ccc1-c1csc(Br)n1. The molecule has 0 unspecified atom stereocenters. The van der Waals surface area contributed by atoms with Crippen LogP contribution < -0.4 is 0 Å². The molecule has 1 heterocycles. The second-order valence-electron chi connectivity index (χ2n) is 2.61. The summed E-state index contributed by atoms with van der Waals surface area (Å²) in [7, 11) is 0. The molecule has 0 saturated heterocycles. The maximum absolute atomic E-state index is 13.5. The third-order valence-electron chi connectivity index (χ3n) is 1.68. The predicted molar refractivity (Wildman–Crippen MR) is 62.9 cm³/mol. The average Bonchev–Trinajstić information content (AvgIpc) is 2.51. The van der Waals surface area contributed by atoms with E-state index in [1.54, 1.807) is 12.1 Å². The van der Waals surface area contributed by atoms with Crippen LogP contribution in [0, 0.1) is 5.82 Å². The number of aromatic nitrogens is 1. The van der Waals surface area contributed by atoms with Gasteiger partial charge in [0.25, 0.3) is 0 Å². The third kappa shape index (κ3) is 2.04. The summed E-state index contributed by atoms with van der Waals surface area (Å²) in [5, 5.41) is 1.82. The van der Waals surface area contributed by atoms with Crippen molar-refractivity contribution >= 4 is 43.2 Å². The van der Waals surface area contributed by atoms with Gasteiger partial charge in [0, 0.05) is 15.4 Å². The van der Waals surface area contributed by atoms with E-state index < -0.39 is 0 Å². The molecule has 2 aromatic rings. The van der Waals surface area contributed by atoms with Crippen LogP contribution in [-0.2, 0) is 0 Å². The first-order valence-electron chi connectivity index (χ1n) is 3.73. The van der Waals surface area contributed by atoms with Crippen molar-refractivity contribution in [1.29, 1.82) is 0 Å². The molecule has 0 bridgehead atoms. The maximum atomic E-state index is 13.5. The monoisotopic (exact) mass is 335 g/mol. The normalized spacial score (nSPS) is 10.5. The summed E-state index contributed by atoms with van der Waals surface area (Å²) in [5.74, 6) is -0.267. The molecule has 72 valence electrons. The number of rotatable bonds is 1. The van der Waals surface area contributed by atoms with E-state index in [4.69, 9.17) is 0 Å². The van der Waals surface area contributed by atoms with Crippen LogP contribution in [-0.4, -0.2) is 4.98 Å². The van der Waals surface area contributed by atoms with E-state index in [2.05, 4.69) is 36.8 Å². The standard InChI is InChI=1S/C9H4Br2FNS/c10-5-1-2-6(7(12)3-5)8-4-14-9(11)13-8/h1-4H. The predicted octanol–water partition coefficient (Wildman–Crippen LogP) is 4.47. The molecule has 0 fully saturated rings. The molecule has 0 saturated carbocycles. The van der Waals surface area contributed by atoms with Crippen molar-refractivity contribution in [1.82, 2.24) is 4.98 Å². The summed E-state index contributed by atoms with van der Waals surface area (Å²) in [6.45, 7) is 0. The molecule has 0 aliphatic rings. The lowest BCUT2D eigenvalue weighted by atomic mass is 10.2. The van der Waals surface area contributed by atoms with Gasteiger partial charge in [-0.15, -0.1) is 11.3 Å². The average molecular weight is 337 g/mol. The molecular formula is C9H4Br2FNS. The van der Waals surface area contributed by atoms with Gasteiger partial charge in [-0.3, -0.25) is 0 Å². The minimum absolute atomic E-state index is 0.267. The van der Waals surface area contributed by atoms with Crippen molar-refractivity contribution in [2.24, 2.45) is 0 Å². The molecule has 0 spiro atoms. The van der Waals surface area contributed by atoms with Crippen LogP contribution >= 0.6 is 43.2 Å². The molecule has 1 nitrogen and oxygen atoms in total. The Morgan fingerprint density at radius 2 is 2.07 bits per heavy atom. The number of nitrogens with zero attached hydrogens (tertiary/aromatic N) is 1. The van der Waals surface area contributed by atoms with Crippen LogP contribution in [0.4, 0.5) is 4.39 Å². The summed E-state index contributed by atoms with van der Waals surface area (Å²) in [5.41, 5.74) is 1.18. The molecule has 0 aliphatic carbocycles. The lowest BCUT2D eigenvalue weighted by Gasteiger charge is -1.99. The van der Waals surface area contributed by atoms with Gasteiger partial charge in [-0.2, -0.15) is 0 Å². The molecule has 0 aliphatic heterocycles. The van der Waals surface area contributed by atoms with Gasteiger partial charge in [0.15, 0.2) is 3.92 Å².